The summed E-state index contributed by atoms with van der Waals surface area (Å²) < 4.78 is 36.6. The summed E-state index contributed by atoms with van der Waals surface area (Å²) in [6.07, 6.45) is 1.94. The van der Waals surface area contributed by atoms with Crippen molar-refractivity contribution in [1.82, 2.24) is 13.5 Å². The number of hydrogen-bond acceptors (Lipinski definition) is 7. The van der Waals surface area contributed by atoms with E-state index in [0.29, 0.717) is 16.7 Å². The number of thioether (sulfide) groups is 1. The van der Waals surface area contributed by atoms with Gasteiger partial charge in [-0.15, -0.1) is 11.8 Å². The van der Waals surface area contributed by atoms with E-state index in [2.05, 4.69) is 18.8 Å². The van der Waals surface area contributed by atoms with E-state index < -0.39 is 22.0 Å². The van der Waals surface area contributed by atoms with Gasteiger partial charge in [-0.1, -0.05) is 26.0 Å². The number of anilines is 1. The summed E-state index contributed by atoms with van der Waals surface area (Å²) in [7, 11) is -3.96. The molecule has 0 bridgehead atoms. The normalized spacial score (nSPS) is 13.0. The lowest BCUT2D eigenvalue weighted by atomic mass is 10.0. The van der Waals surface area contributed by atoms with Crippen molar-refractivity contribution in [3.05, 3.63) is 42.5 Å². The fraction of sp³-hybridized carbons (Fsp3) is 0.278. The van der Waals surface area contributed by atoms with Crippen LogP contribution in [0.4, 0.5) is 5.69 Å². The SMILES string of the molecule is CSc1cccc(NC(=O)C(NS(=O)(=O)c2cccc3nsnc23)C(C)C)c1. The van der Waals surface area contributed by atoms with E-state index in [4.69, 9.17) is 0 Å². The largest absolute Gasteiger partial charge is 0.325 e. The number of rotatable bonds is 7. The van der Waals surface area contributed by atoms with Crippen LogP contribution in [0.25, 0.3) is 11.0 Å². The fourth-order valence-electron chi connectivity index (χ4n) is 2.64. The van der Waals surface area contributed by atoms with Crippen LogP contribution in [-0.4, -0.2) is 35.4 Å². The Morgan fingerprint density at radius 1 is 1.14 bits per heavy atom. The Morgan fingerprint density at radius 3 is 2.61 bits per heavy atom. The molecule has 1 atom stereocenters. The summed E-state index contributed by atoms with van der Waals surface area (Å²) in [5.41, 5.74) is 1.43. The van der Waals surface area contributed by atoms with E-state index in [0.717, 1.165) is 16.6 Å². The average molecular weight is 437 g/mol. The Bertz CT molecular complexity index is 1100. The van der Waals surface area contributed by atoms with Crippen LogP contribution >= 0.6 is 23.5 Å². The molecule has 0 saturated heterocycles. The van der Waals surface area contributed by atoms with Crippen molar-refractivity contribution < 1.29 is 13.2 Å². The molecule has 0 aliphatic carbocycles. The van der Waals surface area contributed by atoms with Crippen molar-refractivity contribution in [3.63, 3.8) is 0 Å². The second kappa shape index (κ2) is 8.56. The molecule has 0 saturated carbocycles. The van der Waals surface area contributed by atoms with Crippen LogP contribution in [0.3, 0.4) is 0 Å². The van der Waals surface area contributed by atoms with E-state index in [1.807, 2.05) is 24.5 Å². The number of nitrogens with one attached hydrogen (secondary N) is 2. The van der Waals surface area contributed by atoms with E-state index in [1.165, 1.54) is 6.07 Å². The van der Waals surface area contributed by atoms with Gasteiger partial charge in [0, 0.05) is 10.6 Å². The minimum atomic E-state index is -3.96. The summed E-state index contributed by atoms with van der Waals surface area (Å²) in [5, 5.41) is 2.80. The van der Waals surface area contributed by atoms with Gasteiger partial charge in [-0.25, -0.2) is 8.42 Å². The Labute approximate surface area is 172 Å². The summed E-state index contributed by atoms with van der Waals surface area (Å²) in [5.74, 6) is -0.674. The zero-order valence-corrected chi connectivity index (χ0v) is 18.0. The lowest BCUT2D eigenvalue weighted by Crippen LogP contribution is -2.47. The summed E-state index contributed by atoms with van der Waals surface area (Å²) in [6, 6.07) is 11.2. The monoisotopic (exact) mass is 436 g/mol. The van der Waals surface area contributed by atoms with Crippen molar-refractivity contribution in [2.24, 2.45) is 5.92 Å². The smallest absolute Gasteiger partial charge is 0.243 e. The second-order valence-corrected chi connectivity index (χ2v) is 9.54. The van der Waals surface area contributed by atoms with Crippen molar-refractivity contribution in [3.8, 4) is 0 Å². The third-order valence-electron chi connectivity index (χ3n) is 4.11. The highest BCUT2D eigenvalue weighted by atomic mass is 32.2. The topological polar surface area (TPSA) is 101 Å². The predicted octanol–water partition coefficient (Wildman–Crippen LogP) is 3.35. The van der Waals surface area contributed by atoms with Gasteiger partial charge in [0.15, 0.2) is 0 Å². The number of amides is 1. The highest BCUT2D eigenvalue weighted by Gasteiger charge is 2.30. The molecule has 10 heteroatoms. The maximum atomic E-state index is 13.0. The first kappa shape index (κ1) is 20.7. The molecule has 1 unspecified atom stereocenters. The molecule has 1 aromatic heterocycles. The number of fused-ring (bicyclic) bond motifs is 1. The van der Waals surface area contributed by atoms with Gasteiger partial charge in [0.05, 0.1) is 11.7 Å². The van der Waals surface area contributed by atoms with Gasteiger partial charge in [0.25, 0.3) is 0 Å². The Balaban J connectivity index is 1.85. The van der Waals surface area contributed by atoms with Crippen LogP contribution in [0.15, 0.2) is 52.3 Å². The molecule has 3 rings (SSSR count). The Hall–Kier alpha value is -2.01. The van der Waals surface area contributed by atoms with Crippen LogP contribution < -0.4 is 10.0 Å². The molecule has 2 aromatic carbocycles. The number of sulfonamides is 1. The van der Waals surface area contributed by atoms with E-state index >= 15 is 0 Å². The highest BCUT2D eigenvalue weighted by molar-refractivity contribution is 7.98. The number of hydrogen-bond donors (Lipinski definition) is 2. The molecule has 0 radical (unpaired) electrons. The molecule has 0 spiro atoms. The van der Waals surface area contributed by atoms with Gasteiger partial charge < -0.3 is 5.32 Å². The first-order valence-corrected chi connectivity index (χ1v) is 11.9. The average Bonchev–Trinajstić information content (AvgIpc) is 3.14. The third kappa shape index (κ3) is 4.52. The third-order valence-corrected chi connectivity index (χ3v) is 6.85. The van der Waals surface area contributed by atoms with Gasteiger partial charge in [-0.3, -0.25) is 4.79 Å². The number of carbonyl (C=O) groups is 1. The lowest BCUT2D eigenvalue weighted by Gasteiger charge is -2.22. The van der Waals surface area contributed by atoms with Crippen LogP contribution in [0.2, 0.25) is 0 Å². The van der Waals surface area contributed by atoms with Gasteiger partial charge in [0.2, 0.25) is 15.9 Å². The van der Waals surface area contributed by atoms with Crippen molar-refractivity contribution in [2.75, 3.05) is 11.6 Å². The first-order valence-electron chi connectivity index (χ1n) is 8.50. The molecule has 1 heterocycles. The molecule has 0 fully saturated rings. The number of benzene rings is 2. The van der Waals surface area contributed by atoms with Crippen molar-refractivity contribution in [1.29, 1.82) is 0 Å². The quantitative estimate of drug-likeness (QED) is 0.551. The lowest BCUT2D eigenvalue weighted by molar-refractivity contribution is -0.118. The molecule has 148 valence electrons. The van der Waals surface area contributed by atoms with E-state index in [1.54, 1.807) is 43.8 Å². The predicted molar refractivity (Wildman–Crippen MR) is 113 cm³/mol. The van der Waals surface area contributed by atoms with Gasteiger partial charge in [0.1, 0.15) is 22.0 Å². The van der Waals surface area contributed by atoms with Crippen LogP contribution in [-0.2, 0) is 14.8 Å². The summed E-state index contributed by atoms with van der Waals surface area (Å²) >= 11 is 2.51. The number of aromatic nitrogens is 2. The molecule has 2 N–H and O–H groups in total. The van der Waals surface area contributed by atoms with Crippen LogP contribution in [0.5, 0.6) is 0 Å². The maximum absolute atomic E-state index is 13.0. The summed E-state index contributed by atoms with van der Waals surface area (Å²) in [6.45, 7) is 3.58. The Kier molecular flexibility index (Phi) is 6.33. The van der Waals surface area contributed by atoms with E-state index in [-0.39, 0.29) is 10.8 Å². The zero-order valence-electron chi connectivity index (χ0n) is 15.5. The minimum Gasteiger partial charge on any atom is -0.325 e. The van der Waals surface area contributed by atoms with Crippen molar-refractivity contribution >= 4 is 56.1 Å². The molecular formula is C18H20N4O3S3. The van der Waals surface area contributed by atoms with Crippen LogP contribution in [0.1, 0.15) is 13.8 Å². The maximum Gasteiger partial charge on any atom is 0.243 e. The van der Waals surface area contributed by atoms with Crippen molar-refractivity contribution in [2.45, 2.75) is 29.7 Å². The molecule has 3 aromatic rings. The van der Waals surface area contributed by atoms with Crippen LogP contribution in [0, 0.1) is 5.92 Å². The van der Waals surface area contributed by atoms with Gasteiger partial charge in [-0.2, -0.15) is 13.5 Å². The number of carbonyl (C=O) groups excluding carboxylic acids is 1. The number of nitrogens with zero attached hydrogens (tertiary/aromatic N) is 2. The Morgan fingerprint density at radius 2 is 1.89 bits per heavy atom. The highest BCUT2D eigenvalue weighted by Crippen LogP contribution is 2.23. The first-order chi connectivity index (χ1) is 13.3. The molecular weight excluding hydrogens is 416 g/mol. The van der Waals surface area contributed by atoms with E-state index in [9.17, 15) is 13.2 Å². The fourth-order valence-corrected chi connectivity index (χ4v) is 5.21. The molecule has 28 heavy (non-hydrogen) atoms. The van der Waals surface area contributed by atoms with Gasteiger partial charge in [-0.05, 0) is 42.5 Å². The molecule has 0 aliphatic heterocycles. The minimum absolute atomic E-state index is 0.0154. The molecule has 7 nitrogen and oxygen atoms in total. The zero-order chi connectivity index (χ0) is 20.3. The molecule has 0 aliphatic rings. The molecule has 1 amide bonds. The van der Waals surface area contributed by atoms with Gasteiger partial charge >= 0.3 is 0 Å². The second-order valence-electron chi connectivity index (χ2n) is 6.45. The summed E-state index contributed by atoms with van der Waals surface area (Å²) in [4.78, 5) is 13.8. The standard InChI is InChI=1S/C18H20N4O3S3/c1-11(2)16(18(23)19-12-6-4-7-13(10-12)26-3)22-28(24,25)15-9-5-8-14-17(15)21-27-20-14/h4-11,16,22H,1-3H3,(H,19,23).